The zero-order valence-electron chi connectivity index (χ0n) is 11.4. The summed E-state index contributed by atoms with van der Waals surface area (Å²) in [7, 11) is 0. The van der Waals surface area contributed by atoms with Crippen LogP contribution in [0.15, 0.2) is 24.3 Å². The Morgan fingerprint density at radius 3 is 2.30 bits per heavy atom. The second kappa shape index (κ2) is 6.91. The standard InChI is InChI=1S/C14H19N3O3/c1-2-20-14(19)17-12-7-5-11(6-8-12)16-13(18)9-15-10-3-4-10/h5-8,10,15H,2-4,9H2,1H3,(H,16,18)(H,17,19). The summed E-state index contributed by atoms with van der Waals surface area (Å²) in [4.78, 5) is 22.8. The van der Waals surface area contributed by atoms with Gasteiger partial charge in [0.25, 0.3) is 0 Å². The van der Waals surface area contributed by atoms with Gasteiger partial charge in [-0.15, -0.1) is 0 Å². The number of hydrogen-bond donors (Lipinski definition) is 3. The number of hydrogen-bond acceptors (Lipinski definition) is 4. The Balaban J connectivity index is 1.77. The fourth-order valence-electron chi connectivity index (χ4n) is 1.65. The van der Waals surface area contributed by atoms with Crippen LogP contribution in [-0.4, -0.2) is 31.2 Å². The van der Waals surface area contributed by atoms with Gasteiger partial charge in [-0.1, -0.05) is 0 Å². The fraction of sp³-hybridized carbons (Fsp3) is 0.429. The van der Waals surface area contributed by atoms with Crippen molar-refractivity contribution in [3.63, 3.8) is 0 Å². The molecular formula is C14H19N3O3. The molecule has 108 valence electrons. The van der Waals surface area contributed by atoms with Crippen LogP contribution < -0.4 is 16.0 Å². The van der Waals surface area contributed by atoms with Crippen LogP contribution in [0.2, 0.25) is 0 Å². The predicted molar refractivity (Wildman–Crippen MR) is 76.7 cm³/mol. The Kier molecular flexibility index (Phi) is 4.95. The summed E-state index contributed by atoms with van der Waals surface area (Å²) < 4.78 is 4.77. The van der Waals surface area contributed by atoms with Crippen molar-refractivity contribution in [2.45, 2.75) is 25.8 Å². The number of rotatable bonds is 6. The maximum Gasteiger partial charge on any atom is 0.411 e. The topological polar surface area (TPSA) is 79.5 Å². The number of carbonyl (C=O) groups excluding carboxylic acids is 2. The van der Waals surface area contributed by atoms with E-state index in [1.807, 2.05) is 0 Å². The normalized spacial score (nSPS) is 13.7. The van der Waals surface area contributed by atoms with Crippen LogP contribution in [0.25, 0.3) is 0 Å². The van der Waals surface area contributed by atoms with Gasteiger partial charge < -0.3 is 15.4 Å². The molecule has 0 aliphatic heterocycles. The molecule has 0 aromatic heterocycles. The van der Waals surface area contributed by atoms with Gasteiger partial charge in [-0.25, -0.2) is 4.79 Å². The molecule has 20 heavy (non-hydrogen) atoms. The molecule has 2 rings (SSSR count). The molecule has 1 aliphatic rings. The van der Waals surface area contributed by atoms with Gasteiger partial charge in [-0.3, -0.25) is 10.1 Å². The van der Waals surface area contributed by atoms with E-state index in [9.17, 15) is 9.59 Å². The Morgan fingerprint density at radius 1 is 1.15 bits per heavy atom. The first kappa shape index (κ1) is 14.3. The Morgan fingerprint density at radius 2 is 1.75 bits per heavy atom. The Bertz CT molecular complexity index is 469. The van der Waals surface area contributed by atoms with E-state index in [-0.39, 0.29) is 5.91 Å². The third-order valence-electron chi connectivity index (χ3n) is 2.82. The summed E-state index contributed by atoms with van der Waals surface area (Å²) in [5.41, 5.74) is 1.32. The molecule has 6 heteroatoms. The summed E-state index contributed by atoms with van der Waals surface area (Å²) in [6.07, 6.45) is 1.82. The van der Waals surface area contributed by atoms with E-state index in [1.165, 1.54) is 0 Å². The molecule has 0 radical (unpaired) electrons. The molecule has 2 amide bonds. The van der Waals surface area contributed by atoms with Crippen LogP contribution in [0, 0.1) is 0 Å². The average Bonchev–Trinajstić information content (AvgIpc) is 3.23. The lowest BCUT2D eigenvalue weighted by Crippen LogP contribution is -2.29. The van der Waals surface area contributed by atoms with Gasteiger partial charge in [0, 0.05) is 17.4 Å². The zero-order chi connectivity index (χ0) is 14.4. The molecule has 0 saturated heterocycles. The third kappa shape index (κ3) is 4.89. The number of nitrogens with one attached hydrogen (secondary N) is 3. The van der Waals surface area contributed by atoms with Gasteiger partial charge in [0.15, 0.2) is 0 Å². The van der Waals surface area contributed by atoms with Crippen molar-refractivity contribution in [3.8, 4) is 0 Å². The molecular weight excluding hydrogens is 258 g/mol. The molecule has 0 heterocycles. The van der Waals surface area contributed by atoms with Crippen molar-refractivity contribution >= 4 is 23.4 Å². The SMILES string of the molecule is CCOC(=O)Nc1ccc(NC(=O)CNC2CC2)cc1. The van der Waals surface area contributed by atoms with Crippen LogP contribution in [0.3, 0.4) is 0 Å². The van der Waals surface area contributed by atoms with Crippen molar-refractivity contribution in [1.29, 1.82) is 0 Å². The van der Waals surface area contributed by atoms with Crippen LogP contribution >= 0.6 is 0 Å². The van der Waals surface area contributed by atoms with E-state index in [0.29, 0.717) is 30.6 Å². The molecule has 1 aromatic rings. The van der Waals surface area contributed by atoms with Crippen LogP contribution in [-0.2, 0) is 9.53 Å². The molecule has 0 unspecified atom stereocenters. The first-order valence-corrected chi connectivity index (χ1v) is 6.74. The minimum absolute atomic E-state index is 0.0667. The van der Waals surface area contributed by atoms with Gasteiger partial charge in [-0.05, 0) is 44.0 Å². The van der Waals surface area contributed by atoms with E-state index in [0.717, 1.165) is 12.8 Å². The monoisotopic (exact) mass is 277 g/mol. The highest BCUT2D eigenvalue weighted by molar-refractivity contribution is 5.92. The van der Waals surface area contributed by atoms with E-state index in [2.05, 4.69) is 16.0 Å². The minimum Gasteiger partial charge on any atom is -0.450 e. The molecule has 0 atom stereocenters. The molecule has 3 N–H and O–H groups in total. The molecule has 1 aliphatic carbocycles. The first-order valence-electron chi connectivity index (χ1n) is 6.74. The van der Waals surface area contributed by atoms with Crippen molar-refractivity contribution in [1.82, 2.24) is 5.32 Å². The van der Waals surface area contributed by atoms with Crippen LogP contribution in [0.1, 0.15) is 19.8 Å². The molecule has 1 saturated carbocycles. The summed E-state index contributed by atoms with van der Waals surface area (Å²) in [5, 5.41) is 8.51. The summed E-state index contributed by atoms with van der Waals surface area (Å²) in [5.74, 6) is -0.0667. The fourth-order valence-corrected chi connectivity index (χ4v) is 1.65. The Hall–Kier alpha value is -2.08. The maximum absolute atomic E-state index is 11.6. The number of carbonyl (C=O) groups is 2. The van der Waals surface area contributed by atoms with Gasteiger partial charge >= 0.3 is 6.09 Å². The minimum atomic E-state index is -0.488. The largest absolute Gasteiger partial charge is 0.450 e. The summed E-state index contributed by atoms with van der Waals surface area (Å²) in [6, 6.07) is 7.39. The van der Waals surface area contributed by atoms with Crippen molar-refractivity contribution < 1.29 is 14.3 Å². The second-order valence-electron chi connectivity index (χ2n) is 4.63. The molecule has 1 fully saturated rings. The number of amides is 2. The van der Waals surface area contributed by atoms with E-state index in [4.69, 9.17) is 4.74 Å². The second-order valence-corrected chi connectivity index (χ2v) is 4.63. The molecule has 0 spiro atoms. The lowest BCUT2D eigenvalue weighted by Gasteiger charge is -2.08. The van der Waals surface area contributed by atoms with E-state index < -0.39 is 6.09 Å². The van der Waals surface area contributed by atoms with Gasteiger partial charge in [0.2, 0.25) is 5.91 Å². The predicted octanol–water partition coefficient (Wildman–Crippen LogP) is 1.95. The smallest absolute Gasteiger partial charge is 0.411 e. The maximum atomic E-state index is 11.6. The van der Waals surface area contributed by atoms with Gasteiger partial charge in [0.05, 0.1) is 13.2 Å². The molecule has 1 aromatic carbocycles. The lowest BCUT2D eigenvalue weighted by atomic mass is 10.3. The van der Waals surface area contributed by atoms with E-state index >= 15 is 0 Å². The highest BCUT2D eigenvalue weighted by atomic mass is 16.5. The number of benzene rings is 1. The number of ether oxygens (including phenoxy) is 1. The average molecular weight is 277 g/mol. The van der Waals surface area contributed by atoms with Gasteiger partial charge in [-0.2, -0.15) is 0 Å². The summed E-state index contributed by atoms with van der Waals surface area (Å²) >= 11 is 0. The van der Waals surface area contributed by atoms with Crippen LogP contribution in [0.5, 0.6) is 0 Å². The lowest BCUT2D eigenvalue weighted by molar-refractivity contribution is -0.115. The van der Waals surface area contributed by atoms with Crippen LogP contribution in [0.4, 0.5) is 16.2 Å². The van der Waals surface area contributed by atoms with Crippen molar-refractivity contribution in [2.75, 3.05) is 23.8 Å². The quantitative estimate of drug-likeness (QED) is 0.742. The van der Waals surface area contributed by atoms with E-state index in [1.54, 1.807) is 31.2 Å². The molecule has 6 nitrogen and oxygen atoms in total. The molecule has 0 bridgehead atoms. The van der Waals surface area contributed by atoms with Crippen molar-refractivity contribution in [2.24, 2.45) is 0 Å². The van der Waals surface area contributed by atoms with Crippen molar-refractivity contribution in [3.05, 3.63) is 24.3 Å². The van der Waals surface area contributed by atoms with Gasteiger partial charge in [0.1, 0.15) is 0 Å². The third-order valence-corrected chi connectivity index (χ3v) is 2.82. The number of anilines is 2. The first-order chi connectivity index (χ1) is 9.67. The summed E-state index contributed by atoms with van der Waals surface area (Å²) in [6.45, 7) is 2.40. The Labute approximate surface area is 117 Å². The highest BCUT2D eigenvalue weighted by Gasteiger charge is 2.21. The highest BCUT2D eigenvalue weighted by Crippen LogP contribution is 2.18. The zero-order valence-corrected chi connectivity index (χ0v) is 11.4.